The molecule has 0 saturated carbocycles. The number of aromatic nitrogens is 2. The summed E-state index contributed by atoms with van der Waals surface area (Å²) in [6.45, 7) is 6.30. The lowest BCUT2D eigenvalue weighted by atomic mass is 10.2. The molecule has 33 heavy (non-hydrogen) atoms. The van der Waals surface area contributed by atoms with E-state index in [1.165, 1.54) is 17.3 Å². The number of hydrazone groups is 1. The molecule has 1 heterocycles. The average molecular weight is 576 g/mol. The minimum atomic E-state index is -0.237. The van der Waals surface area contributed by atoms with E-state index in [2.05, 4.69) is 62.1 Å². The first-order valence-corrected chi connectivity index (χ1v) is 12.2. The number of ether oxygens (including phenoxy) is 2. The van der Waals surface area contributed by atoms with Crippen LogP contribution in [0, 0.1) is 24.3 Å². The number of nitrogens with zero attached hydrogens (tertiary/aromatic N) is 3. The second-order valence-electron chi connectivity index (χ2n) is 7.32. The molecular weight excluding hydrogens is 551 g/mol. The van der Waals surface area contributed by atoms with Crippen LogP contribution in [-0.4, -0.2) is 35.0 Å². The number of halogens is 1. The van der Waals surface area contributed by atoms with Gasteiger partial charge in [0.05, 0.1) is 22.6 Å². The number of carbonyl (C=O) groups excluding carboxylic acids is 1. The first kappa shape index (κ1) is 25.0. The van der Waals surface area contributed by atoms with Crippen molar-refractivity contribution < 1.29 is 14.3 Å². The molecule has 1 aromatic heterocycles. The number of hydrogen-bond acceptors (Lipinski definition) is 7. The van der Waals surface area contributed by atoms with E-state index < -0.39 is 0 Å². The average Bonchev–Trinajstić information content (AvgIpc) is 2.77. The van der Waals surface area contributed by atoms with Crippen LogP contribution in [0.25, 0.3) is 0 Å². The highest BCUT2D eigenvalue weighted by Crippen LogP contribution is 2.34. The first-order valence-electron chi connectivity index (χ1n) is 10.2. The normalized spacial score (nSPS) is 10.9. The van der Waals surface area contributed by atoms with Crippen molar-refractivity contribution in [3.63, 3.8) is 0 Å². The van der Waals surface area contributed by atoms with E-state index in [0.29, 0.717) is 23.3 Å². The fourth-order valence-electron chi connectivity index (χ4n) is 2.89. The summed E-state index contributed by atoms with van der Waals surface area (Å²) in [7, 11) is 1.60. The van der Waals surface area contributed by atoms with Gasteiger partial charge in [-0.1, -0.05) is 41.6 Å². The summed E-state index contributed by atoms with van der Waals surface area (Å²) in [6.07, 6.45) is 1.57. The number of hydrogen-bond donors (Lipinski definition) is 1. The summed E-state index contributed by atoms with van der Waals surface area (Å²) < 4.78 is 12.4. The van der Waals surface area contributed by atoms with Gasteiger partial charge in [-0.05, 0) is 72.7 Å². The van der Waals surface area contributed by atoms with Crippen LogP contribution in [0.3, 0.4) is 0 Å². The molecule has 9 heteroatoms. The summed E-state index contributed by atoms with van der Waals surface area (Å²) in [5, 5.41) is 4.63. The van der Waals surface area contributed by atoms with E-state index >= 15 is 0 Å². The van der Waals surface area contributed by atoms with Crippen molar-refractivity contribution in [3.8, 4) is 11.5 Å². The third-order valence-corrected chi connectivity index (χ3v) is 6.10. The van der Waals surface area contributed by atoms with Gasteiger partial charge >= 0.3 is 0 Å². The minimum absolute atomic E-state index is 0.173. The lowest BCUT2D eigenvalue weighted by Gasteiger charge is -2.13. The van der Waals surface area contributed by atoms with Crippen molar-refractivity contribution in [1.82, 2.24) is 15.4 Å². The van der Waals surface area contributed by atoms with E-state index in [4.69, 9.17) is 9.47 Å². The van der Waals surface area contributed by atoms with Crippen molar-refractivity contribution in [1.29, 1.82) is 0 Å². The fourth-order valence-corrected chi connectivity index (χ4v) is 4.42. The van der Waals surface area contributed by atoms with Crippen molar-refractivity contribution in [3.05, 3.63) is 74.1 Å². The Labute approximate surface area is 211 Å². The molecule has 0 spiro atoms. The molecule has 1 amide bonds. The second-order valence-corrected chi connectivity index (χ2v) is 9.43. The van der Waals surface area contributed by atoms with E-state index in [0.717, 1.165) is 26.1 Å². The lowest BCUT2D eigenvalue weighted by Crippen LogP contribution is -2.19. The zero-order chi connectivity index (χ0) is 23.8. The first-order chi connectivity index (χ1) is 15.8. The van der Waals surface area contributed by atoms with Gasteiger partial charge in [0, 0.05) is 11.4 Å². The van der Waals surface area contributed by atoms with Crippen LogP contribution in [0.4, 0.5) is 0 Å². The highest BCUT2D eigenvalue weighted by Gasteiger charge is 2.12. The van der Waals surface area contributed by atoms with Crippen molar-refractivity contribution in [2.75, 3.05) is 12.9 Å². The molecule has 172 valence electrons. The Hall–Kier alpha value is -2.66. The molecule has 0 radical (unpaired) electrons. The predicted octanol–water partition coefficient (Wildman–Crippen LogP) is 4.84. The molecule has 1 N–H and O–H groups in total. The Morgan fingerprint density at radius 2 is 1.82 bits per heavy atom. The number of thioether (sulfide) groups is 1. The van der Waals surface area contributed by atoms with Crippen molar-refractivity contribution in [2.24, 2.45) is 5.10 Å². The van der Waals surface area contributed by atoms with Gasteiger partial charge in [0.1, 0.15) is 6.61 Å². The summed E-state index contributed by atoms with van der Waals surface area (Å²) in [5.41, 5.74) is 7.35. The molecule has 0 aliphatic carbocycles. The zero-order valence-corrected chi connectivity index (χ0v) is 21.9. The summed E-state index contributed by atoms with van der Waals surface area (Å²) in [4.78, 5) is 20.7. The second kappa shape index (κ2) is 12.0. The number of carbonyl (C=O) groups is 1. The molecule has 7 nitrogen and oxygen atoms in total. The smallest absolute Gasteiger partial charge is 0.250 e. The van der Waals surface area contributed by atoms with Gasteiger partial charge in [0.15, 0.2) is 16.7 Å². The maximum atomic E-state index is 12.1. The standard InChI is InChI=1S/C24H25IN4O3S/c1-15-5-7-18(8-6-15)13-32-23-20(25)10-19(11-21(23)31-4)12-26-29-22(30)14-33-24-27-16(2)9-17(3)28-24/h5-12H,13-14H2,1-4H3,(H,29,30)/b26-12-. The molecule has 2 aromatic carbocycles. The number of methoxy groups -OCH3 is 1. The topological polar surface area (TPSA) is 85.7 Å². The molecule has 0 unspecified atom stereocenters. The Balaban J connectivity index is 1.58. The van der Waals surface area contributed by atoms with Gasteiger partial charge in [-0.25, -0.2) is 15.4 Å². The maximum Gasteiger partial charge on any atom is 0.250 e. The molecular formula is C24H25IN4O3S. The number of benzene rings is 2. The number of rotatable bonds is 9. The predicted molar refractivity (Wildman–Crippen MR) is 139 cm³/mol. The molecule has 0 atom stereocenters. The van der Waals surface area contributed by atoms with Gasteiger partial charge in [-0.15, -0.1) is 0 Å². The van der Waals surface area contributed by atoms with E-state index in [9.17, 15) is 4.79 Å². The van der Waals surface area contributed by atoms with Gasteiger partial charge in [-0.3, -0.25) is 4.79 Å². The maximum absolute atomic E-state index is 12.1. The van der Waals surface area contributed by atoms with Crippen LogP contribution in [0.1, 0.15) is 28.1 Å². The molecule has 0 aliphatic heterocycles. The Morgan fingerprint density at radius 1 is 1.12 bits per heavy atom. The summed E-state index contributed by atoms with van der Waals surface area (Å²) in [5.74, 6) is 1.21. The van der Waals surface area contributed by atoms with Gasteiger partial charge < -0.3 is 9.47 Å². The third kappa shape index (κ3) is 7.71. The fraction of sp³-hybridized carbons (Fsp3) is 0.250. The zero-order valence-electron chi connectivity index (χ0n) is 18.9. The highest BCUT2D eigenvalue weighted by atomic mass is 127. The summed E-state index contributed by atoms with van der Waals surface area (Å²) in [6, 6.07) is 13.8. The van der Waals surface area contributed by atoms with Crippen LogP contribution in [0.15, 0.2) is 52.7 Å². The van der Waals surface area contributed by atoms with Crippen LogP contribution < -0.4 is 14.9 Å². The molecule has 0 aliphatic rings. The highest BCUT2D eigenvalue weighted by molar-refractivity contribution is 14.1. The van der Waals surface area contributed by atoms with Gasteiger partial charge in [0.2, 0.25) is 0 Å². The molecule has 0 saturated heterocycles. The van der Waals surface area contributed by atoms with E-state index in [1.807, 2.05) is 44.2 Å². The molecule has 0 bridgehead atoms. The largest absolute Gasteiger partial charge is 0.493 e. The minimum Gasteiger partial charge on any atom is -0.493 e. The Morgan fingerprint density at radius 3 is 2.48 bits per heavy atom. The quantitative estimate of drug-likeness (QED) is 0.129. The lowest BCUT2D eigenvalue weighted by molar-refractivity contribution is -0.118. The summed E-state index contributed by atoms with van der Waals surface area (Å²) >= 11 is 3.47. The van der Waals surface area contributed by atoms with Crippen molar-refractivity contribution in [2.45, 2.75) is 32.5 Å². The number of nitrogens with one attached hydrogen (secondary N) is 1. The van der Waals surface area contributed by atoms with E-state index in [-0.39, 0.29) is 11.7 Å². The number of aryl methyl sites for hydroxylation is 3. The van der Waals surface area contributed by atoms with Crippen LogP contribution in [-0.2, 0) is 11.4 Å². The van der Waals surface area contributed by atoms with Crippen molar-refractivity contribution >= 4 is 46.5 Å². The van der Waals surface area contributed by atoms with Crippen LogP contribution >= 0.6 is 34.4 Å². The third-order valence-electron chi connectivity index (χ3n) is 4.45. The molecule has 0 fully saturated rings. The monoisotopic (exact) mass is 576 g/mol. The SMILES string of the molecule is COc1cc(/C=N\NC(=O)CSc2nc(C)cc(C)n2)cc(I)c1OCc1ccc(C)cc1. The Kier molecular flexibility index (Phi) is 9.07. The molecule has 3 aromatic rings. The molecule has 3 rings (SSSR count). The number of amides is 1. The van der Waals surface area contributed by atoms with Crippen LogP contribution in [0.5, 0.6) is 11.5 Å². The Bertz CT molecular complexity index is 1130. The van der Waals surface area contributed by atoms with Crippen LogP contribution in [0.2, 0.25) is 0 Å². The van der Waals surface area contributed by atoms with Gasteiger partial charge in [0.25, 0.3) is 5.91 Å². The van der Waals surface area contributed by atoms with Gasteiger partial charge in [-0.2, -0.15) is 5.10 Å². The van der Waals surface area contributed by atoms with E-state index in [1.54, 1.807) is 13.3 Å².